The Bertz CT molecular complexity index is 1600. The van der Waals surface area contributed by atoms with Crippen LogP contribution in [-0.4, -0.2) is 35.9 Å². The molecule has 9 atom stereocenters. The molecular weight excluding hydrogens is 640 g/mol. The van der Waals surface area contributed by atoms with Crippen LogP contribution in [0, 0.1) is 56.2 Å². The summed E-state index contributed by atoms with van der Waals surface area (Å²) < 4.78 is 16.9. The van der Waals surface area contributed by atoms with E-state index in [0.29, 0.717) is 12.8 Å². The molecule has 1 aromatic carbocycles. The van der Waals surface area contributed by atoms with Gasteiger partial charge in [0, 0.05) is 5.92 Å². The maximum Gasteiger partial charge on any atom is 0.344 e. The molecule has 4 fully saturated rings. The SMILES string of the molecule is CC(C)(C)OC(=O)COC(=O)[C@H]1CC[C@]2(C)[C@H]3C(=O)C=C4[C@@H]5C[C@@](C)(C(=O)OCc6ccccc6)CC[C@]5(C)CC[C@@]4(C)[C@]3(C)CC[C@H]2C1(C)C. The highest BCUT2D eigenvalue weighted by molar-refractivity contribution is 5.96. The van der Waals surface area contributed by atoms with Gasteiger partial charge in [0.05, 0.1) is 11.3 Å². The lowest BCUT2D eigenvalue weighted by Crippen LogP contribution is -2.66. The molecule has 7 heteroatoms. The van der Waals surface area contributed by atoms with Crippen molar-refractivity contribution in [3.8, 4) is 0 Å². The van der Waals surface area contributed by atoms with E-state index in [9.17, 15) is 19.2 Å². The Morgan fingerprint density at radius 3 is 2.16 bits per heavy atom. The van der Waals surface area contributed by atoms with E-state index in [1.165, 1.54) is 5.57 Å². The van der Waals surface area contributed by atoms with Crippen LogP contribution in [0.15, 0.2) is 42.0 Å². The molecule has 0 aromatic heterocycles. The van der Waals surface area contributed by atoms with Crippen molar-refractivity contribution in [3.05, 3.63) is 47.5 Å². The molecular formula is C44H62O7. The summed E-state index contributed by atoms with van der Waals surface area (Å²) in [6.45, 7) is 21.2. The predicted octanol–water partition coefficient (Wildman–Crippen LogP) is 9.21. The molecule has 5 aliphatic rings. The lowest BCUT2D eigenvalue weighted by molar-refractivity contribution is -0.201. The molecule has 0 heterocycles. The second-order valence-corrected chi connectivity index (χ2v) is 19.9. The molecule has 0 aliphatic heterocycles. The van der Waals surface area contributed by atoms with Gasteiger partial charge in [-0.1, -0.05) is 77.4 Å². The summed E-state index contributed by atoms with van der Waals surface area (Å²) in [4.78, 5) is 54.5. The van der Waals surface area contributed by atoms with Crippen LogP contribution >= 0.6 is 0 Å². The Labute approximate surface area is 306 Å². The van der Waals surface area contributed by atoms with Crippen molar-refractivity contribution in [1.29, 1.82) is 0 Å². The summed E-state index contributed by atoms with van der Waals surface area (Å²) in [5.74, 6) is -1.04. The predicted molar refractivity (Wildman–Crippen MR) is 196 cm³/mol. The minimum atomic E-state index is -0.649. The molecule has 0 amide bonds. The van der Waals surface area contributed by atoms with Gasteiger partial charge in [0.25, 0.3) is 0 Å². The minimum Gasteiger partial charge on any atom is -0.460 e. The van der Waals surface area contributed by atoms with E-state index in [4.69, 9.17) is 14.2 Å². The van der Waals surface area contributed by atoms with Gasteiger partial charge in [0.15, 0.2) is 12.4 Å². The highest BCUT2D eigenvalue weighted by Gasteiger charge is 2.70. The fraction of sp³-hybridized carbons (Fsp3) is 0.727. The Morgan fingerprint density at radius 2 is 1.49 bits per heavy atom. The number of hydrogen-bond acceptors (Lipinski definition) is 7. The first kappa shape index (κ1) is 37.8. The zero-order chi connectivity index (χ0) is 37.4. The summed E-state index contributed by atoms with van der Waals surface area (Å²) in [6.07, 6.45) is 9.78. The fourth-order valence-corrected chi connectivity index (χ4v) is 12.3. The third-order valence-corrected chi connectivity index (χ3v) is 15.4. The van der Waals surface area contributed by atoms with Crippen LogP contribution in [-0.2, 0) is 40.0 Å². The van der Waals surface area contributed by atoms with Gasteiger partial charge in [-0.05, 0) is 136 Å². The average molecular weight is 703 g/mol. The van der Waals surface area contributed by atoms with E-state index < -0.39 is 22.4 Å². The second kappa shape index (κ2) is 12.6. The molecule has 0 radical (unpaired) electrons. The molecule has 51 heavy (non-hydrogen) atoms. The average Bonchev–Trinajstić information content (AvgIpc) is 3.03. The highest BCUT2D eigenvalue weighted by atomic mass is 16.6. The number of carbonyl (C=O) groups is 4. The number of esters is 3. The molecule has 6 rings (SSSR count). The third-order valence-electron chi connectivity index (χ3n) is 15.4. The summed E-state index contributed by atoms with van der Waals surface area (Å²) in [5.41, 5.74) is -0.0980. The van der Waals surface area contributed by atoms with Crippen molar-refractivity contribution < 1.29 is 33.4 Å². The number of ether oxygens (including phenoxy) is 3. The van der Waals surface area contributed by atoms with E-state index >= 15 is 0 Å². The van der Waals surface area contributed by atoms with Gasteiger partial charge in [0.2, 0.25) is 0 Å². The number of ketones is 1. The van der Waals surface area contributed by atoms with E-state index in [2.05, 4.69) is 48.5 Å². The first-order valence-corrected chi connectivity index (χ1v) is 19.5. The van der Waals surface area contributed by atoms with Crippen molar-refractivity contribution in [2.45, 2.75) is 139 Å². The molecule has 0 bridgehead atoms. The maximum absolute atomic E-state index is 14.8. The summed E-state index contributed by atoms with van der Waals surface area (Å²) in [7, 11) is 0. The normalized spacial score (nSPS) is 40.0. The second-order valence-electron chi connectivity index (χ2n) is 19.9. The molecule has 5 aliphatic carbocycles. The summed E-state index contributed by atoms with van der Waals surface area (Å²) >= 11 is 0. The molecule has 4 saturated carbocycles. The van der Waals surface area contributed by atoms with Gasteiger partial charge in [-0.15, -0.1) is 0 Å². The van der Waals surface area contributed by atoms with Gasteiger partial charge in [-0.3, -0.25) is 14.4 Å². The molecule has 0 saturated heterocycles. The lowest BCUT2D eigenvalue weighted by Gasteiger charge is -2.70. The standard InChI is InChI=1S/C44H62O7/c1-38(2,3)51-34(46)27-49-36(47)29-16-18-42(8)33(39(29,4)5)17-19-44(10)35(42)32(45)24-30-31-25-41(7,21-20-40(31,6)22-23-43(30,44)9)37(48)50-26-28-14-12-11-13-15-28/h11-15,24,29,31,33,35H,16-23,25-27H2,1-10H3/t29-,31+,33+,35-,40-,41+,42+,43-,44-/m1/s1. The number of fused-ring (bicyclic) bond motifs is 7. The van der Waals surface area contributed by atoms with Crippen molar-refractivity contribution in [1.82, 2.24) is 0 Å². The van der Waals surface area contributed by atoms with E-state index in [1.807, 2.05) is 36.4 Å². The third kappa shape index (κ3) is 6.20. The smallest absolute Gasteiger partial charge is 0.344 e. The van der Waals surface area contributed by atoms with Crippen LogP contribution in [0.1, 0.15) is 133 Å². The lowest BCUT2D eigenvalue weighted by atomic mass is 9.33. The van der Waals surface area contributed by atoms with Gasteiger partial charge in [-0.2, -0.15) is 0 Å². The van der Waals surface area contributed by atoms with E-state index in [1.54, 1.807) is 20.8 Å². The van der Waals surface area contributed by atoms with Gasteiger partial charge >= 0.3 is 17.9 Å². The van der Waals surface area contributed by atoms with Crippen LogP contribution in [0.2, 0.25) is 0 Å². The fourth-order valence-electron chi connectivity index (χ4n) is 12.3. The number of rotatable bonds is 6. The molecule has 7 nitrogen and oxygen atoms in total. The van der Waals surface area contributed by atoms with Crippen molar-refractivity contribution in [2.75, 3.05) is 6.61 Å². The van der Waals surface area contributed by atoms with Crippen LogP contribution < -0.4 is 0 Å². The summed E-state index contributed by atoms with van der Waals surface area (Å²) in [5, 5.41) is 0. The molecule has 280 valence electrons. The molecule has 0 unspecified atom stereocenters. The highest BCUT2D eigenvalue weighted by Crippen LogP contribution is 2.75. The number of hydrogen-bond donors (Lipinski definition) is 0. The Balaban J connectivity index is 1.25. The quantitative estimate of drug-likeness (QED) is 0.215. The molecule has 0 N–H and O–H groups in total. The first-order chi connectivity index (χ1) is 23.6. The van der Waals surface area contributed by atoms with Crippen LogP contribution in [0.25, 0.3) is 0 Å². The van der Waals surface area contributed by atoms with Gasteiger partial charge < -0.3 is 14.2 Å². The van der Waals surface area contributed by atoms with Gasteiger partial charge in [-0.25, -0.2) is 4.79 Å². The van der Waals surface area contributed by atoms with Crippen LogP contribution in [0.4, 0.5) is 0 Å². The Kier molecular flexibility index (Phi) is 9.32. The van der Waals surface area contributed by atoms with Crippen molar-refractivity contribution in [2.24, 2.45) is 56.2 Å². The molecule has 1 aromatic rings. The van der Waals surface area contributed by atoms with E-state index in [-0.39, 0.29) is 76.3 Å². The summed E-state index contributed by atoms with van der Waals surface area (Å²) in [6, 6.07) is 9.85. The van der Waals surface area contributed by atoms with Crippen molar-refractivity contribution >= 4 is 23.7 Å². The first-order valence-electron chi connectivity index (χ1n) is 19.5. The number of benzene rings is 1. The molecule has 0 spiro atoms. The van der Waals surface area contributed by atoms with Crippen molar-refractivity contribution in [3.63, 3.8) is 0 Å². The van der Waals surface area contributed by atoms with Crippen LogP contribution in [0.3, 0.4) is 0 Å². The Hall–Kier alpha value is -2.96. The number of allylic oxidation sites excluding steroid dienone is 2. The largest absolute Gasteiger partial charge is 0.460 e. The number of carbonyl (C=O) groups excluding carboxylic acids is 4. The topological polar surface area (TPSA) is 96.0 Å². The maximum atomic E-state index is 14.8. The monoisotopic (exact) mass is 702 g/mol. The van der Waals surface area contributed by atoms with Crippen LogP contribution in [0.5, 0.6) is 0 Å². The zero-order valence-corrected chi connectivity index (χ0v) is 32.9. The van der Waals surface area contributed by atoms with E-state index in [0.717, 1.165) is 50.5 Å². The van der Waals surface area contributed by atoms with Gasteiger partial charge in [0.1, 0.15) is 12.2 Å². The Morgan fingerprint density at radius 1 is 0.824 bits per heavy atom. The zero-order valence-electron chi connectivity index (χ0n) is 32.9. The minimum absolute atomic E-state index is 0.0366.